The average molecular weight is 313 g/mol. The molecular weight excluding hydrogens is 294 g/mol. The summed E-state index contributed by atoms with van der Waals surface area (Å²) >= 11 is 0. The van der Waals surface area contributed by atoms with Gasteiger partial charge in [0.25, 0.3) is 0 Å². The van der Waals surface area contributed by atoms with Crippen molar-refractivity contribution in [2.45, 2.75) is 13.3 Å². The first-order valence-electron chi connectivity index (χ1n) is 7.66. The van der Waals surface area contributed by atoms with Crippen molar-refractivity contribution in [3.63, 3.8) is 0 Å². The second-order valence-electron chi connectivity index (χ2n) is 5.16. The molecule has 0 saturated heterocycles. The number of hydrogen-bond donors (Lipinski definition) is 1. The molecule has 0 unspecified atom stereocenters. The number of fused-ring (bicyclic) bond motifs is 1. The van der Waals surface area contributed by atoms with Crippen LogP contribution in [0, 0.1) is 0 Å². The van der Waals surface area contributed by atoms with Gasteiger partial charge in [0, 0.05) is 11.8 Å². The van der Waals surface area contributed by atoms with Crippen LogP contribution >= 0.6 is 0 Å². The van der Waals surface area contributed by atoms with Gasteiger partial charge in [-0.3, -0.25) is 4.79 Å². The highest BCUT2D eigenvalue weighted by molar-refractivity contribution is 5.92. The Kier molecular flexibility index (Phi) is 4.66. The Labute approximate surface area is 135 Å². The number of carbonyl (C=O) groups excluding carboxylic acids is 1. The van der Waals surface area contributed by atoms with Crippen LogP contribution in [-0.4, -0.2) is 25.7 Å². The number of benzene rings is 2. The van der Waals surface area contributed by atoms with Crippen molar-refractivity contribution in [2.24, 2.45) is 0 Å². The zero-order valence-corrected chi connectivity index (χ0v) is 13.0. The van der Waals surface area contributed by atoms with Crippen molar-refractivity contribution < 1.29 is 19.0 Å². The first kappa shape index (κ1) is 15.2. The van der Waals surface area contributed by atoms with E-state index in [1.807, 2.05) is 37.3 Å². The highest BCUT2D eigenvalue weighted by Crippen LogP contribution is 2.32. The molecule has 23 heavy (non-hydrogen) atoms. The summed E-state index contributed by atoms with van der Waals surface area (Å²) < 4.78 is 16.4. The lowest BCUT2D eigenvalue weighted by Gasteiger charge is -2.19. The van der Waals surface area contributed by atoms with Crippen LogP contribution < -0.4 is 19.5 Å². The summed E-state index contributed by atoms with van der Waals surface area (Å²) in [5.41, 5.74) is 1.63. The summed E-state index contributed by atoms with van der Waals surface area (Å²) in [6.45, 7) is 3.64. The van der Waals surface area contributed by atoms with Crippen molar-refractivity contribution >= 4 is 11.6 Å². The van der Waals surface area contributed by atoms with Gasteiger partial charge >= 0.3 is 0 Å². The largest absolute Gasteiger partial charge is 0.494 e. The van der Waals surface area contributed by atoms with Crippen molar-refractivity contribution in [3.8, 4) is 17.2 Å². The number of ether oxygens (including phenoxy) is 3. The number of anilines is 1. The minimum Gasteiger partial charge on any atom is -0.494 e. The standard InChI is InChI=1S/C18H19NO4/c1-2-21-15-6-3-13(4-7-15)11-18(20)19-14-5-8-16-17(12-14)23-10-9-22-16/h3-8,12H,2,9-11H2,1H3,(H,19,20). The van der Waals surface area contributed by atoms with Crippen LogP contribution in [0.2, 0.25) is 0 Å². The van der Waals surface area contributed by atoms with E-state index >= 15 is 0 Å². The van der Waals surface area contributed by atoms with Crippen LogP contribution in [-0.2, 0) is 11.2 Å². The predicted molar refractivity (Wildman–Crippen MR) is 87.4 cm³/mol. The molecule has 1 aliphatic heterocycles. The first-order valence-corrected chi connectivity index (χ1v) is 7.66. The summed E-state index contributed by atoms with van der Waals surface area (Å²) in [5.74, 6) is 2.10. The monoisotopic (exact) mass is 313 g/mol. The van der Waals surface area contributed by atoms with Gasteiger partial charge in [-0.15, -0.1) is 0 Å². The van der Waals surface area contributed by atoms with Crippen LogP contribution in [0.1, 0.15) is 12.5 Å². The molecule has 5 heteroatoms. The van der Waals surface area contributed by atoms with Gasteiger partial charge in [0.2, 0.25) is 5.91 Å². The molecule has 5 nitrogen and oxygen atoms in total. The molecular formula is C18H19NO4. The number of carbonyl (C=O) groups is 1. The Balaban J connectivity index is 1.60. The fourth-order valence-corrected chi connectivity index (χ4v) is 2.38. The Morgan fingerprint density at radius 3 is 2.57 bits per heavy atom. The average Bonchev–Trinajstić information content (AvgIpc) is 2.57. The maximum Gasteiger partial charge on any atom is 0.228 e. The van der Waals surface area contributed by atoms with Gasteiger partial charge in [-0.25, -0.2) is 0 Å². The normalized spacial score (nSPS) is 12.6. The van der Waals surface area contributed by atoms with Crippen LogP contribution in [0.15, 0.2) is 42.5 Å². The number of rotatable bonds is 5. The molecule has 0 bridgehead atoms. The van der Waals surface area contributed by atoms with Gasteiger partial charge < -0.3 is 19.5 Å². The minimum absolute atomic E-state index is 0.0779. The van der Waals surface area contributed by atoms with Gasteiger partial charge in [0.1, 0.15) is 19.0 Å². The maximum atomic E-state index is 12.1. The van der Waals surface area contributed by atoms with Crippen molar-refractivity contribution in [1.29, 1.82) is 0 Å². The van der Waals surface area contributed by atoms with Crippen LogP contribution in [0.25, 0.3) is 0 Å². The smallest absolute Gasteiger partial charge is 0.228 e. The fraction of sp³-hybridized carbons (Fsp3) is 0.278. The third-order valence-electron chi connectivity index (χ3n) is 3.42. The molecule has 1 amide bonds. The molecule has 2 aromatic carbocycles. The van der Waals surface area contributed by atoms with E-state index in [1.165, 1.54) is 0 Å². The van der Waals surface area contributed by atoms with Crippen LogP contribution in [0.5, 0.6) is 17.2 Å². The summed E-state index contributed by atoms with van der Waals surface area (Å²) in [7, 11) is 0. The lowest BCUT2D eigenvalue weighted by molar-refractivity contribution is -0.115. The van der Waals surface area contributed by atoms with Crippen molar-refractivity contribution in [3.05, 3.63) is 48.0 Å². The molecule has 0 atom stereocenters. The molecule has 0 aliphatic carbocycles. The highest BCUT2D eigenvalue weighted by atomic mass is 16.6. The van der Waals surface area contributed by atoms with Crippen molar-refractivity contribution in [2.75, 3.05) is 25.1 Å². The molecule has 1 aliphatic rings. The molecule has 0 radical (unpaired) electrons. The first-order chi connectivity index (χ1) is 11.2. The molecule has 2 aromatic rings. The van der Waals surface area contributed by atoms with Crippen molar-refractivity contribution in [1.82, 2.24) is 0 Å². The zero-order valence-electron chi connectivity index (χ0n) is 13.0. The number of hydrogen-bond acceptors (Lipinski definition) is 4. The van der Waals surface area contributed by atoms with E-state index in [0.29, 0.717) is 43.4 Å². The summed E-state index contributed by atoms with van der Waals surface area (Å²) in [6, 6.07) is 12.9. The third kappa shape index (κ3) is 3.94. The third-order valence-corrected chi connectivity index (χ3v) is 3.42. The summed E-state index contributed by atoms with van der Waals surface area (Å²) in [5, 5.41) is 2.87. The quantitative estimate of drug-likeness (QED) is 0.922. The Bertz CT molecular complexity index is 682. The van der Waals surface area contributed by atoms with Gasteiger partial charge in [0.15, 0.2) is 11.5 Å². The second kappa shape index (κ2) is 7.05. The Morgan fingerprint density at radius 1 is 1.09 bits per heavy atom. The predicted octanol–water partition coefficient (Wildman–Crippen LogP) is 3.04. The molecule has 0 fully saturated rings. The molecule has 3 rings (SSSR count). The molecule has 0 aromatic heterocycles. The van der Waals surface area contributed by atoms with Gasteiger partial charge in [0.05, 0.1) is 13.0 Å². The van der Waals surface area contributed by atoms with E-state index in [-0.39, 0.29) is 5.91 Å². The molecule has 120 valence electrons. The minimum atomic E-state index is -0.0779. The van der Waals surface area contributed by atoms with Crippen LogP contribution in [0.4, 0.5) is 5.69 Å². The van der Waals surface area contributed by atoms with E-state index < -0.39 is 0 Å². The second-order valence-corrected chi connectivity index (χ2v) is 5.16. The van der Waals surface area contributed by atoms with Gasteiger partial charge in [-0.2, -0.15) is 0 Å². The Hall–Kier alpha value is -2.69. The molecule has 0 spiro atoms. The van der Waals surface area contributed by atoms with Gasteiger partial charge in [-0.1, -0.05) is 12.1 Å². The lowest BCUT2D eigenvalue weighted by Crippen LogP contribution is -2.17. The summed E-state index contributed by atoms with van der Waals surface area (Å²) in [6.07, 6.45) is 0.306. The summed E-state index contributed by atoms with van der Waals surface area (Å²) in [4.78, 5) is 12.1. The topological polar surface area (TPSA) is 56.8 Å². The molecule has 1 N–H and O–H groups in total. The number of amides is 1. The van der Waals surface area contributed by atoms with E-state index in [4.69, 9.17) is 14.2 Å². The van der Waals surface area contributed by atoms with Crippen LogP contribution in [0.3, 0.4) is 0 Å². The van der Waals surface area contributed by atoms with Gasteiger partial charge in [-0.05, 0) is 36.8 Å². The van der Waals surface area contributed by atoms with E-state index in [1.54, 1.807) is 12.1 Å². The highest BCUT2D eigenvalue weighted by Gasteiger charge is 2.13. The fourth-order valence-electron chi connectivity index (χ4n) is 2.38. The SMILES string of the molecule is CCOc1ccc(CC(=O)Nc2ccc3c(c2)OCCO3)cc1. The zero-order chi connectivity index (χ0) is 16.1. The van der Waals surface area contributed by atoms with E-state index in [2.05, 4.69) is 5.32 Å². The molecule has 1 heterocycles. The Morgan fingerprint density at radius 2 is 1.83 bits per heavy atom. The molecule has 0 saturated carbocycles. The number of nitrogens with one attached hydrogen (secondary N) is 1. The van der Waals surface area contributed by atoms with E-state index in [0.717, 1.165) is 11.3 Å². The van der Waals surface area contributed by atoms with E-state index in [9.17, 15) is 4.79 Å². The lowest BCUT2D eigenvalue weighted by atomic mass is 10.1. The maximum absolute atomic E-state index is 12.1.